The maximum absolute atomic E-state index is 13.7. The highest BCUT2D eigenvalue weighted by molar-refractivity contribution is 5.94. The number of Topliss-reactive ketones (excluding diaryl/α,β-unsaturated/α-hetero) is 1. The Hall–Kier alpha value is -1.95. The SMILES string of the molecule is COc1ccc(CC(=O)N2CC[C@]3(CCCO3)C(=O)C2)cc1F. The summed E-state index contributed by atoms with van der Waals surface area (Å²) in [5, 5.41) is 0. The van der Waals surface area contributed by atoms with Crippen LogP contribution in [0.5, 0.6) is 5.75 Å². The fourth-order valence-corrected chi connectivity index (χ4v) is 3.29. The van der Waals surface area contributed by atoms with Gasteiger partial charge in [0.1, 0.15) is 5.60 Å². The number of hydrogen-bond donors (Lipinski definition) is 0. The molecule has 0 aromatic heterocycles. The van der Waals surface area contributed by atoms with E-state index >= 15 is 0 Å². The molecule has 1 spiro atoms. The number of rotatable bonds is 3. The van der Waals surface area contributed by atoms with Gasteiger partial charge in [0.15, 0.2) is 17.3 Å². The smallest absolute Gasteiger partial charge is 0.227 e. The van der Waals surface area contributed by atoms with Crippen LogP contribution in [0.4, 0.5) is 4.39 Å². The van der Waals surface area contributed by atoms with Gasteiger partial charge in [-0.1, -0.05) is 6.07 Å². The van der Waals surface area contributed by atoms with Crippen molar-refractivity contribution in [2.24, 2.45) is 0 Å². The Morgan fingerprint density at radius 1 is 1.43 bits per heavy atom. The molecule has 2 saturated heterocycles. The Morgan fingerprint density at radius 3 is 2.87 bits per heavy atom. The van der Waals surface area contributed by atoms with Gasteiger partial charge >= 0.3 is 0 Å². The summed E-state index contributed by atoms with van der Waals surface area (Å²) in [6, 6.07) is 4.46. The Balaban J connectivity index is 1.63. The van der Waals surface area contributed by atoms with Crippen LogP contribution in [-0.4, -0.2) is 49.0 Å². The molecule has 2 fully saturated rings. The molecule has 2 aliphatic heterocycles. The van der Waals surface area contributed by atoms with Crippen LogP contribution in [0.25, 0.3) is 0 Å². The van der Waals surface area contributed by atoms with E-state index in [1.807, 2.05) is 0 Å². The number of amides is 1. The zero-order valence-corrected chi connectivity index (χ0v) is 13.1. The van der Waals surface area contributed by atoms with Crippen molar-refractivity contribution in [3.63, 3.8) is 0 Å². The number of ketones is 1. The summed E-state index contributed by atoms with van der Waals surface area (Å²) >= 11 is 0. The van der Waals surface area contributed by atoms with Crippen LogP contribution in [0.1, 0.15) is 24.8 Å². The summed E-state index contributed by atoms with van der Waals surface area (Å²) in [5.41, 5.74) is -0.0960. The van der Waals surface area contributed by atoms with Crippen LogP contribution in [-0.2, 0) is 20.7 Å². The molecule has 1 aromatic carbocycles. The minimum absolute atomic E-state index is 0.0180. The topological polar surface area (TPSA) is 55.8 Å². The van der Waals surface area contributed by atoms with Crippen molar-refractivity contribution in [3.8, 4) is 5.75 Å². The first-order valence-corrected chi connectivity index (χ1v) is 7.81. The van der Waals surface area contributed by atoms with Crippen LogP contribution < -0.4 is 4.74 Å². The van der Waals surface area contributed by atoms with Gasteiger partial charge in [-0.3, -0.25) is 9.59 Å². The average Bonchev–Trinajstić information content (AvgIpc) is 3.00. The van der Waals surface area contributed by atoms with Crippen molar-refractivity contribution in [1.82, 2.24) is 4.90 Å². The molecule has 6 heteroatoms. The molecule has 0 saturated carbocycles. The molecule has 0 radical (unpaired) electrons. The van der Waals surface area contributed by atoms with E-state index in [-0.39, 0.29) is 30.4 Å². The lowest BCUT2D eigenvalue weighted by atomic mass is 9.87. The lowest BCUT2D eigenvalue weighted by Crippen LogP contribution is -2.54. The zero-order chi connectivity index (χ0) is 16.4. The van der Waals surface area contributed by atoms with Gasteiger partial charge in [0.2, 0.25) is 5.91 Å². The number of methoxy groups -OCH3 is 1. The lowest BCUT2D eigenvalue weighted by molar-refractivity contribution is -0.152. The van der Waals surface area contributed by atoms with Gasteiger partial charge in [-0.15, -0.1) is 0 Å². The Labute approximate surface area is 134 Å². The van der Waals surface area contributed by atoms with Crippen LogP contribution >= 0.6 is 0 Å². The van der Waals surface area contributed by atoms with Crippen molar-refractivity contribution in [2.75, 3.05) is 26.8 Å². The third-order valence-corrected chi connectivity index (χ3v) is 4.66. The lowest BCUT2D eigenvalue weighted by Gasteiger charge is -2.37. The summed E-state index contributed by atoms with van der Waals surface area (Å²) in [5.74, 6) is -0.535. The van der Waals surface area contributed by atoms with Crippen molar-refractivity contribution >= 4 is 11.7 Å². The quantitative estimate of drug-likeness (QED) is 0.851. The average molecular weight is 321 g/mol. The van der Waals surface area contributed by atoms with Crippen molar-refractivity contribution < 1.29 is 23.5 Å². The molecule has 3 rings (SSSR count). The number of piperidine rings is 1. The number of nitrogens with zero attached hydrogens (tertiary/aromatic N) is 1. The van der Waals surface area contributed by atoms with Crippen molar-refractivity contribution in [3.05, 3.63) is 29.6 Å². The van der Waals surface area contributed by atoms with Gasteiger partial charge in [0, 0.05) is 19.6 Å². The Morgan fingerprint density at radius 2 is 2.26 bits per heavy atom. The van der Waals surface area contributed by atoms with Gasteiger partial charge in [-0.2, -0.15) is 0 Å². The number of likely N-dealkylation sites (tertiary alicyclic amines) is 1. The number of carbonyl (C=O) groups is 2. The molecule has 0 unspecified atom stereocenters. The number of hydrogen-bond acceptors (Lipinski definition) is 4. The first-order valence-electron chi connectivity index (χ1n) is 7.81. The van der Waals surface area contributed by atoms with Crippen LogP contribution in [0.3, 0.4) is 0 Å². The van der Waals surface area contributed by atoms with E-state index in [1.165, 1.54) is 24.1 Å². The number of carbonyl (C=O) groups excluding carboxylic acids is 2. The Kier molecular flexibility index (Phi) is 4.35. The predicted octanol–water partition coefficient (Wildman–Crippen LogP) is 1.73. The van der Waals surface area contributed by atoms with Gasteiger partial charge < -0.3 is 14.4 Å². The van der Waals surface area contributed by atoms with Gasteiger partial charge in [-0.25, -0.2) is 4.39 Å². The standard InChI is InChI=1S/C17H20FNO4/c1-22-14-4-3-12(9-13(14)18)10-16(21)19-7-6-17(15(20)11-19)5-2-8-23-17/h3-4,9H,2,5-8,10-11H2,1H3/t17-/m1/s1. The summed E-state index contributed by atoms with van der Waals surface area (Å²) in [7, 11) is 1.39. The van der Waals surface area contributed by atoms with Gasteiger partial charge in [-0.05, 0) is 30.5 Å². The highest BCUT2D eigenvalue weighted by atomic mass is 19.1. The molecule has 5 nitrogen and oxygen atoms in total. The van der Waals surface area contributed by atoms with Crippen LogP contribution in [0, 0.1) is 5.82 Å². The van der Waals surface area contributed by atoms with E-state index in [0.717, 1.165) is 12.8 Å². The summed E-state index contributed by atoms with van der Waals surface area (Å²) < 4.78 is 24.2. The molecule has 124 valence electrons. The van der Waals surface area contributed by atoms with E-state index in [0.29, 0.717) is 25.1 Å². The largest absolute Gasteiger partial charge is 0.494 e. The predicted molar refractivity (Wildman–Crippen MR) is 80.8 cm³/mol. The second-order valence-electron chi connectivity index (χ2n) is 6.08. The van der Waals surface area contributed by atoms with Gasteiger partial charge in [0.25, 0.3) is 0 Å². The molecular weight excluding hydrogens is 301 g/mol. The first-order chi connectivity index (χ1) is 11.0. The molecule has 0 aliphatic carbocycles. The number of benzene rings is 1. The molecule has 23 heavy (non-hydrogen) atoms. The molecule has 1 atom stereocenters. The highest BCUT2D eigenvalue weighted by Gasteiger charge is 2.46. The summed E-state index contributed by atoms with van der Waals surface area (Å²) in [6.07, 6.45) is 2.26. The van der Waals surface area contributed by atoms with E-state index < -0.39 is 11.4 Å². The second kappa shape index (κ2) is 6.28. The van der Waals surface area contributed by atoms with Crippen molar-refractivity contribution in [2.45, 2.75) is 31.3 Å². The van der Waals surface area contributed by atoms with Crippen LogP contribution in [0.2, 0.25) is 0 Å². The molecule has 1 amide bonds. The zero-order valence-electron chi connectivity index (χ0n) is 13.1. The minimum atomic E-state index is -0.664. The second-order valence-corrected chi connectivity index (χ2v) is 6.08. The third kappa shape index (κ3) is 3.08. The van der Waals surface area contributed by atoms with Gasteiger partial charge in [0.05, 0.1) is 20.1 Å². The number of halogens is 1. The summed E-state index contributed by atoms with van der Waals surface area (Å²) in [4.78, 5) is 26.2. The van der Waals surface area contributed by atoms with E-state index in [1.54, 1.807) is 6.07 Å². The minimum Gasteiger partial charge on any atom is -0.494 e. The van der Waals surface area contributed by atoms with E-state index in [4.69, 9.17) is 9.47 Å². The maximum atomic E-state index is 13.7. The fraction of sp³-hybridized carbons (Fsp3) is 0.529. The molecule has 2 aliphatic rings. The number of ether oxygens (including phenoxy) is 2. The fourth-order valence-electron chi connectivity index (χ4n) is 3.29. The molecule has 0 bridgehead atoms. The third-order valence-electron chi connectivity index (χ3n) is 4.66. The van der Waals surface area contributed by atoms with E-state index in [9.17, 15) is 14.0 Å². The van der Waals surface area contributed by atoms with Crippen molar-refractivity contribution in [1.29, 1.82) is 0 Å². The highest BCUT2D eigenvalue weighted by Crippen LogP contribution is 2.33. The van der Waals surface area contributed by atoms with E-state index in [2.05, 4.69) is 0 Å². The monoisotopic (exact) mass is 321 g/mol. The molecule has 2 heterocycles. The molecule has 0 N–H and O–H groups in total. The van der Waals surface area contributed by atoms with Crippen LogP contribution in [0.15, 0.2) is 18.2 Å². The Bertz CT molecular complexity index is 625. The maximum Gasteiger partial charge on any atom is 0.227 e. The molecule has 1 aromatic rings. The first kappa shape index (κ1) is 15.9. The normalized spacial score (nSPS) is 24.3. The molecular formula is C17H20FNO4. The summed E-state index contributed by atoms with van der Waals surface area (Å²) in [6.45, 7) is 1.20.